The first kappa shape index (κ1) is 20.5. The van der Waals surface area contributed by atoms with Crippen molar-refractivity contribution in [3.05, 3.63) is 75.9 Å². The lowest BCUT2D eigenvalue weighted by Crippen LogP contribution is -2.20. The SMILES string of the molecule is N#C/C(=C/NCCc1ccc(Br)cc1)C(=O)Nc1ccccc1C(F)(F)F. The number of nitrogens with one attached hydrogen (secondary N) is 2. The molecule has 2 N–H and O–H groups in total. The highest BCUT2D eigenvalue weighted by molar-refractivity contribution is 9.10. The topological polar surface area (TPSA) is 64.9 Å². The van der Waals surface area contributed by atoms with E-state index in [2.05, 4.69) is 26.6 Å². The highest BCUT2D eigenvalue weighted by atomic mass is 79.9. The summed E-state index contributed by atoms with van der Waals surface area (Å²) in [5.41, 5.74) is -0.631. The first-order chi connectivity index (χ1) is 12.8. The van der Waals surface area contributed by atoms with E-state index in [9.17, 15) is 18.0 Å². The van der Waals surface area contributed by atoms with Gasteiger partial charge in [-0.1, -0.05) is 40.2 Å². The van der Waals surface area contributed by atoms with Gasteiger partial charge in [0.25, 0.3) is 5.91 Å². The minimum Gasteiger partial charge on any atom is -0.389 e. The summed E-state index contributed by atoms with van der Waals surface area (Å²) in [4.78, 5) is 12.1. The lowest BCUT2D eigenvalue weighted by molar-refractivity contribution is -0.137. The molecule has 0 spiro atoms. The number of benzene rings is 2. The fourth-order valence-electron chi connectivity index (χ4n) is 2.22. The number of para-hydroxylation sites is 1. The molecule has 0 aliphatic carbocycles. The third-order valence-corrected chi connectivity index (χ3v) is 4.09. The maximum Gasteiger partial charge on any atom is 0.418 e. The van der Waals surface area contributed by atoms with Gasteiger partial charge in [-0.15, -0.1) is 0 Å². The predicted molar refractivity (Wildman–Crippen MR) is 99.6 cm³/mol. The lowest BCUT2D eigenvalue weighted by atomic mass is 10.1. The van der Waals surface area contributed by atoms with Gasteiger partial charge in [0.2, 0.25) is 0 Å². The number of hydrogen-bond donors (Lipinski definition) is 2. The van der Waals surface area contributed by atoms with Crippen molar-refractivity contribution < 1.29 is 18.0 Å². The van der Waals surface area contributed by atoms with Crippen molar-refractivity contribution in [1.29, 1.82) is 5.26 Å². The van der Waals surface area contributed by atoms with Crippen LogP contribution in [0.3, 0.4) is 0 Å². The molecule has 0 aliphatic rings. The van der Waals surface area contributed by atoms with Gasteiger partial charge in [0.1, 0.15) is 11.6 Å². The monoisotopic (exact) mass is 437 g/mol. The summed E-state index contributed by atoms with van der Waals surface area (Å²) in [5.74, 6) is -0.912. The zero-order chi connectivity index (χ0) is 19.9. The molecule has 2 aromatic carbocycles. The Labute approximate surface area is 162 Å². The van der Waals surface area contributed by atoms with Crippen molar-refractivity contribution in [2.45, 2.75) is 12.6 Å². The van der Waals surface area contributed by atoms with Crippen LogP contribution in [-0.4, -0.2) is 12.5 Å². The van der Waals surface area contributed by atoms with E-state index in [0.717, 1.165) is 22.2 Å². The van der Waals surface area contributed by atoms with Gasteiger partial charge in [0.05, 0.1) is 11.3 Å². The molecule has 8 heteroatoms. The summed E-state index contributed by atoms with van der Waals surface area (Å²) in [7, 11) is 0. The van der Waals surface area contributed by atoms with Crippen molar-refractivity contribution in [3.63, 3.8) is 0 Å². The molecule has 0 atom stereocenters. The number of hydrogen-bond acceptors (Lipinski definition) is 3. The van der Waals surface area contributed by atoms with Gasteiger partial charge >= 0.3 is 6.18 Å². The summed E-state index contributed by atoms with van der Waals surface area (Å²) in [6.45, 7) is 0.458. The third kappa shape index (κ3) is 6.15. The molecule has 0 aromatic heterocycles. The van der Waals surface area contributed by atoms with Crippen molar-refractivity contribution in [2.24, 2.45) is 0 Å². The fourth-order valence-corrected chi connectivity index (χ4v) is 2.48. The first-order valence-electron chi connectivity index (χ1n) is 7.87. The third-order valence-electron chi connectivity index (χ3n) is 3.56. The summed E-state index contributed by atoms with van der Waals surface area (Å²) >= 11 is 3.34. The van der Waals surface area contributed by atoms with E-state index in [4.69, 9.17) is 5.26 Å². The van der Waals surface area contributed by atoms with Crippen LogP contribution in [0.1, 0.15) is 11.1 Å². The minimum absolute atomic E-state index is 0.317. The molecule has 0 aliphatic heterocycles. The van der Waals surface area contributed by atoms with Crippen LogP contribution in [0.5, 0.6) is 0 Å². The van der Waals surface area contributed by atoms with E-state index in [0.29, 0.717) is 13.0 Å². The Bertz CT molecular complexity index is 871. The number of nitriles is 1. The molecule has 0 saturated carbocycles. The Balaban J connectivity index is 1.99. The molecule has 27 heavy (non-hydrogen) atoms. The van der Waals surface area contributed by atoms with E-state index < -0.39 is 23.3 Å². The molecular weight excluding hydrogens is 423 g/mol. The Kier molecular flexibility index (Phi) is 7.02. The van der Waals surface area contributed by atoms with Gasteiger partial charge < -0.3 is 10.6 Å². The summed E-state index contributed by atoms with van der Waals surface area (Å²) in [6.07, 6.45) is -2.76. The van der Waals surface area contributed by atoms with E-state index in [1.165, 1.54) is 18.3 Å². The molecule has 0 saturated heterocycles. The molecule has 0 fully saturated rings. The van der Waals surface area contributed by atoms with Gasteiger partial charge in [-0.25, -0.2) is 0 Å². The van der Waals surface area contributed by atoms with Crippen LogP contribution in [0.25, 0.3) is 0 Å². The van der Waals surface area contributed by atoms with Crippen LogP contribution in [0.4, 0.5) is 18.9 Å². The number of carbonyl (C=O) groups excluding carboxylic acids is 1. The lowest BCUT2D eigenvalue weighted by Gasteiger charge is -2.13. The van der Waals surface area contributed by atoms with E-state index in [1.54, 1.807) is 6.07 Å². The van der Waals surface area contributed by atoms with Gasteiger partial charge in [-0.3, -0.25) is 4.79 Å². The Morgan fingerprint density at radius 3 is 2.44 bits per heavy atom. The molecule has 2 rings (SSSR count). The van der Waals surface area contributed by atoms with Gasteiger partial charge in [0.15, 0.2) is 0 Å². The summed E-state index contributed by atoms with van der Waals surface area (Å²) < 4.78 is 39.9. The van der Waals surface area contributed by atoms with Crippen LogP contribution in [-0.2, 0) is 17.4 Å². The molecule has 0 bridgehead atoms. The smallest absolute Gasteiger partial charge is 0.389 e. The second-order valence-corrected chi connectivity index (χ2v) is 6.41. The minimum atomic E-state index is -4.61. The van der Waals surface area contributed by atoms with Crippen molar-refractivity contribution >= 4 is 27.5 Å². The molecule has 4 nitrogen and oxygen atoms in total. The predicted octanol–water partition coefficient (Wildman–Crippen LogP) is 4.65. The number of halogens is 4. The van der Waals surface area contributed by atoms with E-state index in [-0.39, 0.29) is 5.57 Å². The molecule has 140 valence electrons. The van der Waals surface area contributed by atoms with Gasteiger partial charge in [-0.05, 0) is 36.2 Å². The quantitative estimate of drug-likeness (QED) is 0.392. The van der Waals surface area contributed by atoms with E-state index in [1.807, 2.05) is 24.3 Å². The zero-order valence-corrected chi connectivity index (χ0v) is 15.6. The molecule has 2 aromatic rings. The Morgan fingerprint density at radius 1 is 1.15 bits per heavy atom. The Morgan fingerprint density at radius 2 is 1.81 bits per heavy atom. The number of rotatable bonds is 6. The second kappa shape index (κ2) is 9.24. The standard InChI is InChI=1S/C19H15BrF3N3O/c20-15-7-5-13(6-8-15)9-10-25-12-14(11-24)18(27)26-17-4-2-1-3-16(17)19(21,22)23/h1-8,12,25H,9-10H2,(H,26,27)/b14-12-. The van der Waals surface area contributed by atoms with Crippen molar-refractivity contribution in [2.75, 3.05) is 11.9 Å². The average Bonchev–Trinajstić information content (AvgIpc) is 2.62. The first-order valence-corrected chi connectivity index (χ1v) is 8.66. The van der Waals surface area contributed by atoms with Crippen molar-refractivity contribution in [1.82, 2.24) is 5.32 Å². The number of anilines is 1. The molecular formula is C19H15BrF3N3O. The normalized spacial score (nSPS) is 11.6. The van der Waals surface area contributed by atoms with Crippen LogP contribution < -0.4 is 10.6 Å². The zero-order valence-electron chi connectivity index (χ0n) is 14.0. The second-order valence-electron chi connectivity index (χ2n) is 5.50. The van der Waals surface area contributed by atoms with Crippen LogP contribution >= 0.6 is 15.9 Å². The Hall–Kier alpha value is -2.79. The van der Waals surface area contributed by atoms with Crippen molar-refractivity contribution in [3.8, 4) is 6.07 Å². The van der Waals surface area contributed by atoms with Crippen LogP contribution in [0.2, 0.25) is 0 Å². The van der Waals surface area contributed by atoms with Crippen LogP contribution in [0, 0.1) is 11.3 Å². The highest BCUT2D eigenvalue weighted by Crippen LogP contribution is 2.34. The highest BCUT2D eigenvalue weighted by Gasteiger charge is 2.33. The number of amides is 1. The average molecular weight is 438 g/mol. The van der Waals surface area contributed by atoms with Gasteiger partial charge in [-0.2, -0.15) is 18.4 Å². The molecule has 1 amide bonds. The molecule has 0 heterocycles. The number of nitrogens with zero attached hydrogens (tertiary/aromatic N) is 1. The molecule has 0 unspecified atom stereocenters. The largest absolute Gasteiger partial charge is 0.418 e. The summed E-state index contributed by atoms with van der Waals surface area (Å²) in [6, 6.07) is 13.9. The molecule has 0 radical (unpaired) electrons. The van der Waals surface area contributed by atoms with E-state index >= 15 is 0 Å². The maximum absolute atomic E-state index is 13.0. The number of alkyl halides is 3. The summed E-state index contributed by atoms with van der Waals surface area (Å²) in [5, 5.41) is 14.1. The van der Waals surface area contributed by atoms with Crippen LogP contribution in [0.15, 0.2) is 64.8 Å². The maximum atomic E-state index is 13.0. The fraction of sp³-hybridized carbons (Fsp3) is 0.158. The number of carbonyl (C=O) groups is 1. The van der Waals surface area contributed by atoms with Gasteiger partial charge in [0, 0.05) is 17.2 Å².